The summed E-state index contributed by atoms with van der Waals surface area (Å²) in [4.78, 5) is 0. The zero-order valence-electron chi connectivity index (χ0n) is 11.8. The Morgan fingerprint density at radius 1 is 1.20 bits per heavy atom. The number of hydrogen-bond donors (Lipinski definition) is 1. The maximum absolute atomic E-state index is 12.7. The minimum Gasteiger partial charge on any atom is -0.309 e. The number of nitrogens with one attached hydrogen (secondary N) is 1. The first-order chi connectivity index (χ1) is 9.44. The van der Waals surface area contributed by atoms with Crippen molar-refractivity contribution in [2.45, 2.75) is 51.2 Å². The fourth-order valence-corrected chi connectivity index (χ4v) is 2.90. The molecule has 0 aromatic heterocycles. The highest BCUT2D eigenvalue weighted by Crippen LogP contribution is 2.43. The van der Waals surface area contributed by atoms with Crippen molar-refractivity contribution >= 4 is 0 Å². The largest absolute Gasteiger partial charge is 0.390 e. The molecule has 1 unspecified atom stereocenters. The maximum Gasteiger partial charge on any atom is 0.390 e. The van der Waals surface area contributed by atoms with Crippen molar-refractivity contribution in [2.75, 3.05) is 6.54 Å². The summed E-state index contributed by atoms with van der Waals surface area (Å²) in [6.45, 7) is 2.81. The second kappa shape index (κ2) is 6.17. The standard InChI is InChI=1S/C16H22F3N/c1-2-15(9-6-10-15)12-20-14(11-16(17,18)19)13-7-4-3-5-8-13/h3-5,7-8,14,20H,2,6,9-12H2,1H3. The van der Waals surface area contributed by atoms with E-state index in [0.717, 1.165) is 24.8 Å². The second-order valence-electron chi connectivity index (χ2n) is 5.87. The highest BCUT2D eigenvalue weighted by molar-refractivity contribution is 5.19. The molecule has 1 nitrogen and oxygen atoms in total. The van der Waals surface area contributed by atoms with Gasteiger partial charge in [-0.25, -0.2) is 0 Å². The van der Waals surface area contributed by atoms with Gasteiger partial charge in [0.25, 0.3) is 0 Å². The first kappa shape index (κ1) is 15.4. The van der Waals surface area contributed by atoms with Gasteiger partial charge in [-0.05, 0) is 30.2 Å². The second-order valence-corrected chi connectivity index (χ2v) is 5.87. The van der Waals surface area contributed by atoms with E-state index >= 15 is 0 Å². The van der Waals surface area contributed by atoms with Crippen molar-refractivity contribution in [3.05, 3.63) is 35.9 Å². The van der Waals surface area contributed by atoms with Crippen LogP contribution in [0.25, 0.3) is 0 Å². The minimum absolute atomic E-state index is 0.221. The Morgan fingerprint density at radius 3 is 2.30 bits per heavy atom. The van der Waals surface area contributed by atoms with E-state index in [4.69, 9.17) is 0 Å². The smallest absolute Gasteiger partial charge is 0.309 e. The van der Waals surface area contributed by atoms with Crippen LogP contribution < -0.4 is 5.32 Å². The van der Waals surface area contributed by atoms with Crippen LogP contribution in [0.15, 0.2) is 30.3 Å². The molecule has 1 atom stereocenters. The summed E-state index contributed by atoms with van der Waals surface area (Å²) in [7, 11) is 0. The molecule has 0 aliphatic heterocycles. The Kier molecular flexibility index (Phi) is 4.74. The van der Waals surface area contributed by atoms with Crippen molar-refractivity contribution in [3.8, 4) is 0 Å². The predicted octanol–water partition coefficient (Wildman–Crippen LogP) is 4.85. The third kappa shape index (κ3) is 3.98. The lowest BCUT2D eigenvalue weighted by atomic mass is 9.67. The van der Waals surface area contributed by atoms with Crippen LogP contribution in [0.4, 0.5) is 13.2 Å². The number of benzene rings is 1. The molecule has 1 fully saturated rings. The summed E-state index contributed by atoms with van der Waals surface area (Å²) >= 11 is 0. The van der Waals surface area contributed by atoms with Gasteiger partial charge in [0.05, 0.1) is 6.42 Å². The van der Waals surface area contributed by atoms with Gasteiger partial charge in [-0.3, -0.25) is 0 Å². The Labute approximate surface area is 118 Å². The quantitative estimate of drug-likeness (QED) is 0.788. The first-order valence-corrected chi connectivity index (χ1v) is 7.29. The molecule has 4 heteroatoms. The van der Waals surface area contributed by atoms with Gasteiger partial charge in [0, 0.05) is 12.6 Å². The van der Waals surface area contributed by atoms with Gasteiger partial charge < -0.3 is 5.32 Å². The number of halogens is 3. The zero-order chi connectivity index (χ0) is 14.6. The van der Waals surface area contributed by atoms with Gasteiger partial charge >= 0.3 is 6.18 Å². The van der Waals surface area contributed by atoms with Crippen LogP contribution in [0.2, 0.25) is 0 Å². The van der Waals surface area contributed by atoms with Crippen LogP contribution in [0.3, 0.4) is 0 Å². The average molecular weight is 285 g/mol. The van der Waals surface area contributed by atoms with E-state index in [9.17, 15) is 13.2 Å². The van der Waals surface area contributed by atoms with Crippen LogP contribution in [0, 0.1) is 5.41 Å². The highest BCUT2D eigenvalue weighted by atomic mass is 19.4. The molecule has 1 aromatic carbocycles. The topological polar surface area (TPSA) is 12.0 Å². The molecule has 1 saturated carbocycles. The third-order valence-corrected chi connectivity index (χ3v) is 4.53. The summed E-state index contributed by atoms with van der Waals surface area (Å²) in [5, 5.41) is 3.17. The van der Waals surface area contributed by atoms with Crippen LogP contribution in [-0.2, 0) is 0 Å². The van der Waals surface area contributed by atoms with Gasteiger partial charge in [-0.2, -0.15) is 13.2 Å². The first-order valence-electron chi connectivity index (χ1n) is 7.29. The van der Waals surface area contributed by atoms with Gasteiger partial charge in [-0.15, -0.1) is 0 Å². The Hall–Kier alpha value is -1.03. The van der Waals surface area contributed by atoms with E-state index in [2.05, 4.69) is 12.2 Å². The number of rotatable bonds is 6. The third-order valence-electron chi connectivity index (χ3n) is 4.53. The van der Waals surface area contributed by atoms with E-state index in [1.165, 1.54) is 6.42 Å². The lowest BCUT2D eigenvalue weighted by molar-refractivity contribution is -0.141. The molecule has 0 saturated heterocycles. The minimum atomic E-state index is -4.15. The van der Waals surface area contributed by atoms with Crippen LogP contribution in [-0.4, -0.2) is 12.7 Å². The summed E-state index contributed by atoms with van der Waals surface area (Å²) < 4.78 is 38.2. The zero-order valence-corrected chi connectivity index (χ0v) is 11.8. The fourth-order valence-electron chi connectivity index (χ4n) is 2.90. The van der Waals surface area contributed by atoms with E-state index in [1.54, 1.807) is 24.3 Å². The normalized spacial score (nSPS) is 19.4. The van der Waals surface area contributed by atoms with Crippen LogP contribution in [0.1, 0.15) is 50.6 Å². The number of alkyl halides is 3. The van der Waals surface area contributed by atoms with E-state index in [1.807, 2.05) is 6.07 Å². The molecule has 112 valence electrons. The molecule has 1 aliphatic carbocycles. The lowest BCUT2D eigenvalue weighted by Crippen LogP contribution is -2.41. The van der Waals surface area contributed by atoms with Crippen molar-refractivity contribution in [1.29, 1.82) is 0 Å². The van der Waals surface area contributed by atoms with Gasteiger partial charge in [0.15, 0.2) is 0 Å². The molecule has 0 bridgehead atoms. The van der Waals surface area contributed by atoms with Crippen LogP contribution in [0.5, 0.6) is 0 Å². The summed E-state index contributed by atoms with van der Waals surface area (Å²) in [6.07, 6.45) is -0.463. The number of hydrogen-bond acceptors (Lipinski definition) is 1. The fraction of sp³-hybridized carbons (Fsp3) is 0.625. The average Bonchev–Trinajstić information content (AvgIpc) is 2.36. The maximum atomic E-state index is 12.7. The van der Waals surface area contributed by atoms with Gasteiger partial charge in [-0.1, -0.05) is 43.7 Å². The van der Waals surface area contributed by atoms with E-state index < -0.39 is 18.6 Å². The van der Waals surface area contributed by atoms with E-state index in [-0.39, 0.29) is 5.41 Å². The Balaban J connectivity index is 2.03. The molecule has 0 spiro atoms. The highest BCUT2D eigenvalue weighted by Gasteiger charge is 2.37. The van der Waals surface area contributed by atoms with Crippen molar-refractivity contribution in [2.24, 2.45) is 5.41 Å². The molecular formula is C16H22F3N. The molecule has 20 heavy (non-hydrogen) atoms. The van der Waals surface area contributed by atoms with Crippen LogP contribution >= 0.6 is 0 Å². The van der Waals surface area contributed by atoms with Gasteiger partial charge in [0.1, 0.15) is 0 Å². The monoisotopic (exact) mass is 285 g/mol. The van der Waals surface area contributed by atoms with Crippen molar-refractivity contribution < 1.29 is 13.2 Å². The summed E-state index contributed by atoms with van der Waals surface area (Å²) in [5.41, 5.74) is 0.939. The molecule has 1 aliphatic rings. The molecule has 1 N–H and O–H groups in total. The molecule has 0 amide bonds. The lowest BCUT2D eigenvalue weighted by Gasteiger charge is -2.42. The summed E-state index contributed by atoms with van der Waals surface area (Å²) in [5.74, 6) is 0. The molecule has 0 radical (unpaired) electrons. The molecule has 0 heterocycles. The Bertz CT molecular complexity index is 404. The molecular weight excluding hydrogens is 263 g/mol. The summed E-state index contributed by atoms with van der Waals surface area (Å²) in [6, 6.07) is 8.30. The SMILES string of the molecule is CCC1(CNC(CC(F)(F)F)c2ccccc2)CCC1. The van der Waals surface area contributed by atoms with E-state index in [0.29, 0.717) is 6.54 Å². The van der Waals surface area contributed by atoms with Gasteiger partial charge in [0.2, 0.25) is 0 Å². The molecule has 2 rings (SSSR count). The Morgan fingerprint density at radius 2 is 1.85 bits per heavy atom. The molecule has 1 aromatic rings. The van der Waals surface area contributed by atoms with Crippen molar-refractivity contribution in [1.82, 2.24) is 5.32 Å². The van der Waals surface area contributed by atoms with Crippen molar-refractivity contribution in [3.63, 3.8) is 0 Å². The predicted molar refractivity (Wildman–Crippen MR) is 74.4 cm³/mol.